The SMILES string of the molecule is CCc1nc2c(n1CCN(C)C)CCNC2. The second-order valence-electron chi connectivity index (χ2n) is 4.66. The highest BCUT2D eigenvalue weighted by Gasteiger charge is 2.18. The van der Waals surface area contributed by atoms with Gasteiger partial charge in [-0.25, -0.2) is 4.98 Å². The molecule has 16 heavy (non-hydrogen) atoms. The van der Waals surface area contributed by atoms with Crippen LogP contribution in [0, 0.1) is 0 Å². The number of hydrogen-bond donors (Lipinski definition) is 1. The molecule has 0 aromatic carbocycles. The predicted molar refractivity (Wildman–Crippen MR) is 65.6 cm³/mol. The lowest BCUT2D eigenvalue weighted by molar-refractivity contribution is 0.376. The fourth-order valence-corrected chi connectivity index (χ4v) is 2.26. The van der Waals surface area contributed by atoms with Gasteiger partial charge in [0.2, 0.25) is 0 Å². The molecule has 1 aromatic heterocycles. The zero-order valence-electron chi connectivity index (χ0n) is 10.6. The van der Waals surface area contributed by atoms with Crippen LogP contribution < -0.4 is 5.32 Å². The third-order valence-corrected chi connectivity index (χ3v) is 3.15. The Labute approximate surface area is 97.7 Å². The minimum Gasteiger partial charge on any atom is -0.330 e. The predicted octanol–water partition coefficient (Wildman–Crippen LogP) is 0.653. The molecule has 0 bridgehead atoms. The molecule has 0 unspecified atom stereocenters. The van der Waals surface area contributed by atoms with Gasteiger partial charge in [0.1, 0.15) is 5.82 Å². The summed E-state index contributed by atoms with van der Waals surface area (Å²) < 4.78 is 2.43. The Morgan fingerprint density at radius 2 is 2.25 bits per heavy atom. The number of hydrogen-bond acceptors (Lipinski definition) is 3. The summed E-state index contributed by atoms with van der Waals surface area (Å²) in [5, 5.41) is 3.38. The summed E-state index contributed by atoms with van der Waals surface area (Å²) in [5.41, 5.74) is 2.72. The van der Waals surface area contributed by atoms with Crippen LogP contribution in [0.5, 0.6) is 0 Å². The number of aryl methyl sites for hydroxylation is 1. The summed E-state index contributed by atoms with van der Waals surface area (Å²) in [5.74, 6) is 1.25. The van der Waals surface area contributed by atoms with E-state index in [0.29, 0.717) is 0 Å². The molecule has 4 heteroatoms. The van der Waals surface area contributed by atoms with E-state index in [1.807, 2.05) is 0 Å². The molecule has 0 radical (unpaired) electrons. The van der Waals surface area contributed by atoms with Gasteiger partial charge in [-0.2, -0.15) is 0 Å². The van der Waals surface area contributed by atoms with Crippen LogP contribution in [0.25, 0.3) is 0 Å². The van der Waals surface area contributed by atoms with Crippen molar-refractivity contribution in [1.82, 2.24) is 19.8 Å². The normalized spacial score (nSPS) is 15.5. The Bertz CT molecular complexity index is 354. The topological polar surface area (TPSA) is 33.1 Å². The molecule has 2 heterocycles. The van der Waals surface area contributed by atoms with Crippen molar-refractivity contribution in [2.24, 2.45) is 0 Å². The molecule has 0 atom stereocenters. The van der Waals surface area contributed by atoms with E-state index in [2.05, 4.69) is 35.8 Å². The molecule has 0 fully saturated rings. The summed E-state index contributed by atoms with van der Waals surface area (Å²) in [6.45, 7) is 6.37. The lowest BCUT2D eigenvalue weighted by Crippen LogP contribution is -2.26. The van der Waals surface area contributed by atoms with Crippen LogP contribution in [-0.4, -0.2) is 41.6 Å². The Morgan fingerprint density at radius 1 is 1.44 bits per heavy atom. The Kier molecular flexibility index (Phi) is 3.61. The first kappa shape index (κ1) is 11.6. The monoisotopic (exact) mass is 222 g/mol. The van der Waals surface area contributed by atoms with E-state index in [1.165, 1.54) is 17.2 Å². The molecule has 0 aliphatic carbocycles. The molecule has 0 saturated carbocycles. The molecular formula is C12H22N4. The zero-order chi connectivity index (χ0) is 11.5. The quantitative estimate of drug-likeness (QED) is 0.812. The van der Waals surface area contributed by atoms with Crippen molar-refractivity contribution in [3.63, 3.8) is 0 Å². The van der Waals surface area contributed by atoms with E-state index in [9.17, 15) is 0 Å². The molecule has 2 rings (SSSR count). The zero-order valence-corrected chi connectivity index (χ0v) is 10.6. The molecule has 1 aliphatic rings. The summed E-state index contributed by atoms with van der Waals surface area (Å²) in [7, 11) is 4.24. The second-order valence-corrected chi connectivity index (χ2v) is 4.66. The van der Waals surface area contributed by atoms with Crippen LogP contribution in [-0.2, 0) is 25.9 Å². The Morgan fingerprint density at radius 3 is 2.94 bits per heavy atom. The van der Waals surface area contributed by atoms with E-state index in [4.69, 9.17) is 4.98 Å². The maximum Gasteiger partial charge on any atom is 0.109 e. The number of fused-ring (bicyclic) bond motifs is 1. The largest absolute Gasteiger partial charge is 0.330 e. The van der Waals surface area contributed by atoms with Gasteiger partial charge in [-0.3, -0.25) is 0 Å². The van der Waals surface area contributed by atoms with Gasteiger partial charge in [-0.1, -0.05) is 6.92 Å². The first-order valence-electron chi connectivity index (χ1n) is 6.15. The van der Waals surface area contributed by atoms with Crippen molar-refractivity contribution in [3.8, 4) is 0 Å². The molecule has 90 valence electrons. The second kappa shape index (κ2) is 4.97. The molecular weight excluding hydrogens is 200 g/mol. The van der Waals surface area contributed by atoms with Crippen LogP contribution in [0.3, 0.4) is 0 Å². The van der Waals surface area contributed by atoms with Crippen molar-refractivity contribution >= 4 is 0 Å². The standard InChI is InChI=1S/C12H22N4/c1-4-12-14-10-9-13-6-5-11(10)16(12)8-7-15(2)3/h13H,4-9H2,1-3H3. The van der Waals surface area contributed by atoms with E-state index in [1.54, 1.807) is 0 Å². The first-order chi connectivity index (χ1) is 7.72. The number of nitrogens with one attached hydrogen (secondary N) is 1. The van der Waals surface area contributed by atoms with Gasteiger partial charge in [-0.15, -0.1) is 0 Å². The molecule has 0 spiro atoms. The number of aromatic nitrogens is 2. The Hall–Kier alpha value is -0.870. The van der Waals surface area contributed by atoms with Crippen LogP contribution in [0.2, 0.25) is 0 Å². The lowest BCUT2D eigenvalue weighted by atomic mass is 10.2. The van der Waals surface area contributed by atoms with E-state index in [0.717, 1.165) is 39.0 Å². The fraction of sp³-hybridized carbons (Fsp3) is 0.750. The van der Waals surface area contributed by atoms with Crippen molar-refractivity contribution in [3.05, 3.63) is 17.2 Å². The number of imidazole rings is 1. The maximum absolute atomic E-state index is 4.73. The van der Waals surface area contributed by atoms with Crippen molar-refractivity contribution in [2.45, 2.75) is 32.9 Å². The van der Waals surface area contributed by atoms with Gasteiger partial charge < -0.3 is 14.8 Å². The van der Waals surface area contributed by atoms with Crippen LogP contribution in [0.1, 0.15) is 24.1 Å². The molecule has 1 aromatic rings. The number of likely N-dealkylation sites (N-methyl/N-ethyl adjacent to an activating group) is 1. The van der Waals surface area contributed by atoms with Crippen molar-refractivity contribution in [2.75, 3.05) is 27.2 Å². The Balaban J connectivity index is 2.22. The third-order valence-electron chi connectivity index (χ3n) is 3.15. The number of rotatable bonds is 4. The van der Waals surface area contributed by atoms with E-state index >= 15 is 0 Å². The average molecular weight is 222 g/mol. The van der Waals surface area contributed by atoms with Gasteiger partial charge >= 0.3 is 0 Å². The highest BCUT2D eigenvalue weighted by atomic mass is 15.2. The molecule has 0 saturated heterocycles. The summed E-state index contributed by atoms with van der Waals surface area (Å²) in [6, 6.07) is 0. The number of nitrogens with zero attached hydrogens (tertiary/aromatic N) is 3. The van der Waals surface area contributed by atoms with Crippen molar-refractivity contribution in [1.29, 1.82) is 0 Å². The highest BCUT2D eigenvalue weighted by molar-refractivity contribution is 5.20. The molecule has 0 amide bonds. The third kappa shape index (κ3) is 2.28. The summed E-state index contributed by atoms with van der Waals surface area (Å²) in [4.78, 5) is 6.96. The van der Waals surface area contributed by atoms with Crippen LogP contribution in [0.4, 0.5) is 0 Å². The summed E-state index contributed by atoms with van der Waals surface area (Å²) >= 11 is 0. The fourth-order valence-electron chi connectivity index (χ4n) is 2.26. The van der Waals surface area contributed by atoms with Crippen LogP contribution >= 0.6 is 0 Å². The average Bonchev–Trinajstić information content (AvgIpc) is 2.64. The van der Waals surface area contributed by atoms with Gasteiger partial charge in [0.05, 0.1) is 5.69 Å². The summed E-state index contributed by atoms with van der Waals surface area (Å²) in [6.07, 6.45) is 2.15. The van der Waals surface area contributed by atoms with E-state index in [-0.39, 0.29) is 0 Å². The van der Waals surface area contributed by atoms with Crippen molar-refractivity contribution < 1.29 is 0 Å². The van der Waals surface area contributed by atoms with E-state index < -0.39 is 0 Å². The van der Waals surface area contributed by atoms with Gasteiger partial charge in [0.15, 0.2) is 0 Å². The smallest absolute Gasteiger partial charge is 0.109 e. The van der Waals surface area contributed by atoms with Crippen LogP contribution in [0.15, 0.2) is 0 Å². The minimum atomic E-state index is 0.942. The van der Waals surface area contributed by atoms with Gasteiger partial charge in [0.25, 0.3) is 0 Å². The maximum atomic E-state index is 4.73. The van der Waals surface area contributed by atoms with Gasteiger partial charge in [0, 0.05) is 44.7 Å². The minimum absolute atomic E-state index is 0.942. The molecule has 1 aliphatic heterocycles. The molecule has 4 nitrogen and oxygen atoms in total. The van der Waals surface area contributed by atoms with Gasteiger partial charge in [-0.05, 0) is 14.1 Å². The highest BCUT2D eigenvalue weighted by Crippen LogP contribution is 2.16. The first-order valence-corrected chi connectivity index (χ1v) is 6.15. The lowest BCUT2D eigenvalue weighted by Gasteiger charge is -2.17. The molecule has 1 N–H and O–H groups in total.